The van der Waals surface area contributed by atoms with E-state index in [0.29, 0.717) is 10.1 Å². The Morgan fingerprint density at radius 1 is 1.35 bits per heavy atom. The van der Waals surface area contributed by atoms with E-state index in [1.54, 1.807) is 0 Å². The molecule has 2 aromatic heterocycles. The van der Waals surface area contributed by atoms with Gasteiger partial charge in [-0.1, -0.05) is 29.5 Å². The number of nitrogens with one attached hydrogen (secondary N) is 1. The van der Waals surface area contributed by atoms with Gasteiger partial charge >= 0.3 is 0 Å². The Bertz CT molecular complexity index is 931. The molecule has 0 saturated heterocycles. The highest BCUT2D eigenvalue weighted by atomic mass is 32.1. The smallest absolute Gasteiger partial charge is 0.275 e. The van der Waals surface area contributed by atoms with Gasteiger partial charge in [-0.05, 0) is 19.9 Å². The van der Waals surface area contributed by atoms with E-state index in [0.717, 1.165) is 17.7 Å². The predicted molar refractivity (Wildman–Crippen MR) is 89.3 cm³/mol. The van der Waals surface area contributed by atoms with Crippen LogP contribution >= 0.6 is 11.3 Å². The van der Waals surface area contributed by atoms with Gasteiger partial charge in [0, 0.05) is 24.2 Å². The maximum Gasteiger partial charge on any atom is 0.275 e. The first-order chi connectivity index (χ1) is 11.0. The van der Waals surface area contributed by atoms with Crippen molar-refractivity contribution in [2.45, 2.75) is 31.9 Å². The zero-order valence-corrected chi connectivity index (χ0v) is 13.6. The number of benzene rings is 1. The molecule has 23 heavy (non-hydrogen) atoms. The summed E-state index contributed by atoms with van der Waals surface area (Å²) in [7, 11) is 0. The van der Waals surface area contributed by atoms with Crippen LogP contribution in [-0.4, -0.2) is 20.2 Å². The van der Waals surface area contributed by atoms with Crippen molar-refractivity contribution in [2.24, 2.45) is 0 Å². The molecule has 1 aliphatic rings. The Kier molecular flexibility index (Phi) is 3.12. The van der Waals surface area contributed by atoms with Gasteiger partial charge in [0.1, 0.15) is 11.4 Å². The lowest BCUT2D eigenvalue weighted by Gasteiger charge is -2.37. The number of rotatable bonds is 2. The molecule has 118 valence electrons. The van der Waals surface area contributed by atoms with Gasteiger partial charge in [0.15, 0.2) is 0 Å². The summed E-state index contributed by atoms with van der Waals surface area (Å²) >= 11 is 1.37. The van der Waals surface area contributed by atoms with Crippen LogP contribution in [0.1, 0.15) is 31.9 Å². The standard InChI is InChI=1S/C16H16N4O2S/c1-16(2)9-11(10-5-3-4-6-12(10)22-16)18-14-19-20-13(21)7-8-17-15(20)23-14/h3-8,11H,9H2,1-2H3,(H,18,19). The molecule has 1 atom stereocenters. The first-order valence-corrected chi connectivity index (χ1v) is 8.23. The Morgan fingerprint density at radius 3 is 3.00 bits per heavy atom. The minimum Gasteiger partial charge on any atom is -0.487 e. The Morgan fingerprint density at radius 2 is 2.17 bits per heavy atom. The average molecular weight is 328 g/mol. The normalized spacial score (nSPS) is 19.1. The van der Waals surface area contributed by atoms with Crippen molar-refractivity contribution in [3.63, 3.8) is 0 Å². The van der Waals surface area contributed by atoms with E-state index in [4.69, 9.17) is 4.74 Å². The summed E-state index contributed by atoms with van der Waals surface area (Å²) in [5, 5.41) is 8.45. The molecule has 0 saturated carbocycles. The van der Waals surface area contributed by atoms with Gasteiger partial charge in [-0.15, -0.1) is 5.10 Å². The third kappa shape index (κ3) is 2.57. The molecule has 1 aromatic carbocycles. The number of hydrogen-bond donors (Lipinski definition) is 1. The molecule has 0 spiro atoms. The van der Waals surface area contributed by atoms with Gasteiger partial charge in [-0.2, -0.15) is 4.52 Å². The molecule has 0 amide bonds. The Labute approximate surface area is 136 Å². The second-order valence-corrected chi connectivity index (χ2v) is 7.14. The fourth-order valence-electron chi connectivity index (χ4n) is 2.88. The first kappa shape index (κ1) is 14.2. The number of anilines is 1. The summed E-state index contributed by atoms with van der Waals surface area (Å²) in [6.45, 7) is 4.14. The van der Waals surface area contributed by atoms with Crippen molar-refractivity contribution in [1.29, 1.82) is 0 Å². The van der Waals surface area contributed by atoms with Gasteiger partial charge in [0.05, 0.1) is 6.04 Å². The van der Waals surface area contributed by atoms with Crippen LogP contribution in [0.3, 0.4) is 0 Å². The summed E-state index contributed by atoms with van der Waals surface area (Å²) < 4.78 is 7.36. The summed E-state index contributed by atoms with van der Waals surface area (Å²) in [5.41, 5.74) is 0.663. The number of hydrogen-bond acceptors (Lipinski definition) is 6. The van der Waals surface area contributed by atoms with Crippen LogP contribution < -0.4 is 15.6 Å². The molecule has 0 aliphatic carbocycles. The minimum atomic E-state index is -0.266. The number of nitrogens with zero attached hydrogens (tertiary/aromatic N) is 3. The second-order valence-electron chi connectivity index (χ2n) is 6.19. The SMILES string of the molecule is CC1(C)CC(Nc2nn3c(=O)ccnc3s2)c2ccccc2O1. The molecule has 3 heterocycles. The molecule has 1 N–H and O–H groups in total. The summed E-state index contributed by atoms with van der Waals surface area (Å²) in [5.74, 6) is 0.887. The molecule has 1 unspecified atom stereocenters. The zero-order valence-electron chi connectivity index (χ0n) is 12.8. The van der Waals surface area contributed by atoms with Crippen LogP contribution in [-0.2, 0) is 0 Å². The van der Waals surface area contributed by atoms with Gasteiger partial charge in [-0.3, -0.25) is 4.79 Å². The lowest BCUT2D eigenvalue weighted by molar-refractivity contribution is 0.0759. The van der Waals surface area contributed by atoms with Crippen molar-refractivity contribution >= 4 is 21.4 Å². The number of para-hydroxylation sites is 1. The highest BCUT2D eigenvalue weighted by Gasteiger charge is 2.34. The van der Waals surface area contributed by atoms with E-state index in [2.05, 4.69) is 35.3 Å². The third-order valence-corrected chi connectivity index (χ3v) is 4.70. The van der Waals surface area contributed by atoms with Crippen molar-refractivity contribution < 1.29 is 4.74 Å². The summed E-state index contributed by atoms with van der Waals surface area (Å²) in [6, 6.07) is 9.49. The van der Waals surface area contributed by atoms with E-state index in [-0.39, 0.29) is 17.2 Å². The summed E-state index contributed by atoms with van der Waals surface area (Å²) in [4.78, 5) is 16.6. The molecular formula is C16H16N4O2S. The lowest BCUT2D eigenvalue weighted by atomic mass is 9.90. The zero-order chi connectivity index (χ0) is 16.0. The third-order valence-electron chi connectivity index (χ3n) is 3.84. The lowest BCUT2D eigenvalue weighted by Crippen LogP contribution is -2.37. The van der Waals surface area contributed by atoms with Crippen LogP contribution in [0.4, 0.5) is 5.13 Å². The van der Waals surface area contributed by atoms with Crippen molar-refractivity contribution in [1.82, 2.24) is 14.6 Å². The van der Waals surface area contributed by atoms with Crippen LogP contribution in [0.25, 0.3) is 4.96 Å². The Hall–Kier alpha value is -2.41. The van der Waals surface area contributed by atoms with E-state index in [1.165, 1.54) is 28.1 Å². The average Bonchev–Trinajstić information content (AvgIpc) is 2.90. The van der Waals surface area contributed by atoms with Crippen molar-refractivity contribution in [3.8, 4) is 5.75 Å². The second kappa shape index (κ2) is 5.06. The first-order valence-electron chi connectivity index (χ1n) is 7.41. The number of fused-ring (bicyclic) bond motifs is 2. The fraction of sp³-hybridized carbons (Fsp3) is 0.312. The van der Waals surface area contributed by atoms with Gasteiger partial charge in [-0.25, -0.2) is 4.98 Å². The summed E-state index contributed by atoms with van der Waals surface area (Å²) in [6.07, 6.45) is 2.31. The maximum absolute atomic E-state index is 11.8. The van der Waals surface area contributed by atoms with Gasteiger partial charge in [0.25, 0.3) is 5.56 Å². The van der Waals surface area contributed by atoms with Crippen LogP contribution in [0.2, 0.25) is 0 Å². The topological polar surface area (TPSA) is 68.5 Å². The highest BCUT2D eigenvalue weighted by molar-refractivity contribution is 7.20. The van der Waals surface area contributed by atoms with Crippen molar-refractivity contribution in [2.75, 3.05) is 5.32 Å². The largest absolute Gasteiger partial charge is 0.487 e. The molecule has 7 heteroatoms. The monoisotopic (exact) mass is 328 g/mol. The van der Waals surface area contributed by atoms with E-state index in [1.807, 2.05) is 18.2 Å². The quantitative estimate of drug-likeness (QED) is 0.783. The molecule has 1 aliphatic heterocycles. The number of aromatic nitrogens is 3. The van der Waals surface area contributed by atoms with E-state index in [9.17, 15) is 4.79 Å². The predicted octanol–water partition coefficient (Wildman–Crippen LogP) is 2.87. The highest BCUT2D eigenvalue weighted by Crippen LogP contribution is 2.41. The molecular weight excluding hydrogens is 312 g/mol. The van der Waals surface area contributed by atoms with Crippen LogP contribution in [0, 0.1) is 0 Å². The van der Waals surface area contributed by atoms with Gasteiger partial charge in [0.2, 0.25) is 10.1 Å². The van der Waals surface area contributed by atoms with Crippen LogP contribution in [0.5, 0.6) is 5.75 Å². The van der Waals surface area contributed by atoms with E-state index >= 15 is 0 Å². The molecule has 0 bridgehead atoms. The molecule has 3 aromatic rings. The maximum atomic E-state index is 11.8. The Balaban J connectivity index is 1.72. The molecule has 6 nitrogen and oxygen atoms in total. The molecule has 0 fully saturated rings. The van der Waals surface area contributed by atoms with Gasteiger partial charge < -0.3 is 10.1 Å². The molecule has 0 radical (unpaired) electrons. The van der Waals surface area contributed by atoms with Crippen LogP contribution in [0.15, 0.2) is 41.3 Å². The van der Waals surface area contributed by atoms with Crippen molar-refractivity contribution in [3.05, 3.63) is 52.4 Å². The molecule has 4 rings (SSSR count). The van der Waals surface area contributed by atoms with E-state index < -0.39 is 0 Å². The number of ether oxygens (including phenoxy) is 1. The fourth-order valence-corrected chi connectivity index (χ4v) is 3.71. The minimum absolute atomic E-state index is 0.0752.